The van der Waals surface area contributed by atoms with Gasteiger partial charge >= 0.3 is 0 Å². The minimum absolute atomic E-state index is 0.340. The van der Waals surface area contributed by atoms with E-state index >= 15 is 0 Å². The highest BCUT2D eigenvalue weighted by molar-refractivity contribution is 5.44. The van der Waals surface area contributed by atoms with Crippen molar-refractivity contribution < 1.29 is 0 Å². The topological polar surface area (TPSA) is 42.7 Å². The molecule has 1 N–H and O–H groups in total. The molecule has 0 aliphatic carbocycles. The maximum Gasteiger partial charge on any atom is 0.146 e. The van der Waals surface area contributed by atoms with Gasteiger partial charge in [0.05, 0.1) is 6.54 Å². The summed E-state index contributed by atoms with van der Waals surface area (Å²) >= 11 is 0. The Morgan fingerprint density at radius 3 is 2.56 bits per heavy atom. The van der Waals surface area contributed by atoms with Crippen molar-refractivity contribution in [3.05, 3.63) is 42.0 Å². The van der Waals surface area contributed by atoms with Gasteiger partial charge in [-0.15, -0.1) is 0 Å². The van der Waals surface area contributed by atoms with Crippen molar-refractivity contribution in [2.24, 2.45) is 0 Å². The number of aryl methyl sites for hydroxylation is 1. The Labute approximate surface area is 108 Å². The molecule has 4 heteroatoms. The first kappa shape index (κ1) is 12.6. The third-order valence-electron chi connectivity index (χ3n) is 2.95. The van der Waals surface area contributed by atoms with Gasteiger partial charge in [0.2, 0.25) is 0 Å². The Hall–Kier alpha value is -1.84. The molecule has 1 aromatic heterocycles. The molecule has 4 nitrogen and oxygen atoms in total. The van der Waals surface area contributed by atoms with Crippen LogP contribution < -0.4 is 5.32 Å². The lowest BCUT2D eigenvalue weighted by Gasteiger charge is -2.11. The molecular formula is C14H20N4. The van der Waals surface area contributed by atoms with Gasteiger partial charge < -0.3 is 5.32 Å². The number of anilines is 1. The predicted octanol–water partition coefficient (Wildman–Crippen LogP) is 3.03. The van der Waals surface area contributed by atoms with Crippen LogP contribution in [-0.4, -0.2) is 14.8 Å². The molecule has 0 spiro atoms. The maximum atomic E-state index is 4.28. The van der Waals surface area contributed by atoms with E-state index in [1.165, 1.54) is 5.56 Å². The van der Waals surface area contributed by atoms with Crippen molar-refractivity contribution in [3.8, 4) is 0 Å². The quantitative estimate of drug-likeness (QED) is 0.879. The van der Waals surface area contributed by atoms with E-state index in [1.54, 1.807) is 6.33 Å². The summed E-state index contributed by atoms with van der Waals surface area (Å²) < 4.78 is 1.94. The minimum Gasteiger partial charge on any atom is -0.378 e. The molecule has 0 saturated carbocycles. The molecule has 2 rings (SSSR count). The molecule has 0 amide bonds. The molecule has 0 aliphatic rings. The Morgan fingerprint density at radius 2 is 1.94 bits per heavy atom. The van der Waals surface area contributed by atoms with Gasteiger partial charge in [-0.2, -0.15) is 5.10 Å². The monoisotopic (exact) mass is 244 g/mol. The molecule has 1 heterocycles. The number of rotatable bonds is 5. The molecule has 0 atom stereocenters. The molecule has 0 aliphatic heterocycles. The smallest absolute Gasteiger partial charge is 0.146 e. The molecule has 2 aromatic rings. The summed E-state index contributed by atoms with van der Waals surface area (Å²) in [6, 6.07) is 8.85. The highest BCUT2D eigenvalue weighted by Gasteiger charge is 2.06. The summed E-state index contributed by atoms with van der Waals surface area (Å²) in [6.45, 7) is 7.07. The van der Waals surface area contributed by atoms with Crippen molar-refractivity contribution in [1.82, 2.24) is 14.8 Å². The van der Waals surface area contributed by atoms with Gasteiger partial charge in [-0.25, -0.2) is 9.67 Å². The van der Waals surface area contributed by atoms with Crippen molar-refractivity contribution in [2.75, 3.05) is 5.32 Å². The number of benzene rings is 1. The summed E-state index contributed by atoms with van der Waals surface area (Å²) in [5.41, 5.74) is 2.47. The first-order valence-corrected chi connectivity index (χ1v) is 6.42. The minimum atomic E-state index is 0.340. The van der Waals surface area contributed by atoms with Crippen LogP contribution >= 0.6 is 0 Å². The molecule has 0 saturated heterocycles. The van der Waals surface area contributed by atoms with E-state index in [0.29, 0.717) is 12.6 Å². The van der Waals surface area contributed by atoms with E-state index in [1.807, 2.05) is 4.68 Å². The fourth-order valence-corrected chi connectivity index (χ4v) is 1.87. The number of nitrogens with one attached hydrogen (secondary N) is 1. The maximum absolute atomic E-state index is 4.28. The lowest BCUT2D eigenvalue weighted by molar-refractivity contribution is 0.509. The lowest BCUT2D eigenvalue weighted by atomic mass is 10.1. The predicted molar refractivity (Wildman–Crippen MR) is 73.6 cm³/mol. The molecule has 0 radical (unpaired) electrons. The standard InChI is InChI=1S/C14H20N4/c1-4-12-5-7-13(8-6-12)15-9-14-16-10-17-18(14)11(2)3/h5-8,10-11,15H,4,9H2,1-3H3. The van der Waals surface area contributed by atoms with Gasteiger partial charge in [0.1, 0.15) is 12.2 Å². The molecule has 96 valence electrons. The van der Waals surface area contributed by atoms with Crippen LogP contribution in [-0.2, 0) is 13.0 Å². The van der Waals surface area contributed by atoms with Gasteiger partial charge in [0, 0.05) is 11.7 Å². The van der Waals surface area contributed by atoms with Crippen molar-refractivity contribution in [1.29, 1.82) is 0 Å². The van der Waals surface area contributed by atoms with Gasteiger partial charge in [-0.3, -0.25) is 0 Å². The summed E-state index contributed by atoms with van der Waals surface area (Å²) in [6.07, 6.45) is 2.68. The van der Waals surface area contributed by atoms with Gasteiger partial charge in [-0.1, -0.05) is 19.1 Å². The van der Waals surface area contributed by atoms with Crippen LogP contribution in [0.3, 0.4) is 0 Å². The first-order chi connectivity index (χ1) is 8.70. The largest absolute Gasteiger partial charge is 0.378 e. The first-order valence-electron chi connectivity index (χ1n) is 6.42. The van der Waals surface area contributed by atoms with Gasteiger partial charge in [-0.05, 0) is 38.0 Å². The van der Waals surface area contributed by atoms with Gasteiger partial charge in [0.25, 0.3) is 0 Å². The summed E-state index contributed by atoms with van der Waals surface area (Å²) in [7, 11) is 0. The van der Waals surface area contributed by atoms with Crippen molar-refractivity contribution in [2.45, 2.75) is 39.8 Å². The third-order valence-corrected chi connectivity index (χ3v) is 2.95. The Morgan fingerprint density at radius 1 is 1.22 bits per heavy atom. The van der Waals surface area contributed by atoms with E-state index in [4.69, 9.17) is 0 Å². The van der Waals surface area contributed by atoms with E-state index in [2.05, 4.69) is 60.4 Å². The van der Waals surface area contributed by atoms with Gasteiger partial charge in [0.15, 0.2) is 0 Å². The molecule has 0 bridgehead atoms. The van der Waals surface area contributed by atoms with E-state index in [9.17, 15) is 0 Å². The average molecular weight is 244 g/mol. The van der Waals surface area contributed by atoms with Crippen LogP contribution in [0.5, 0.6) is 0 Å². The van der Waals surface area contributed by atoms with Crippen LogP contribution in [0, 0.1) is 0 Å². The Bertz CT molecular complexity index is 485. The van der Waals surface area contributed by atoms with Crippen LogP contribution in [0.1, 0.15) is 38.2 Å². The zero-order valence-electron chi connectivity index (χ0n) is 11.2. The van der Waals surface area contributed by atoms with E-state index in [0.717, 1.165) is 17.9 Å². The summed E-state index contributed by atoms with van der Waals surface area (Å²) in [5.74, 6) is 0.963. The second kappa shape index (κ2) is 5.67. The second-order valence-corrected chi connectivity index (χ2v) is 4.62. The summed E-state index contributed by atoms with van der Waals surface area (Å²) in [5, 5.41) is 7.59. The second-order valence-electron chi connectivity index (χ2n) is 4.62. The Balaban J connectivity index is 2.00. The number of aromatic nitrogens is 3. The fraction of sp³-hybridized carbons (Fsp3) is 0.429. The van der Waals surface area contributed by atoms with Crippen molar-refractivity contribution in [3.63, 3.8) is 0 Å². The van der Waals surface area contributed by atoms with Crippen molar-refractivity contribution >= 4 is 5.69 Å². The van der Waals surface area contributed by atoms with Crippen LogP contribution in [0.4, 0.5) is 5.69 Å². The molecule has 18 heavy (non-hydrogen) atoms. The van der Waals surface area contributed by atoms with Crippen LogP contribution in [0.2, 0.25) is 0 Å². The summed E-state index contributed by atoms with van der Waals surface area (Å²) in [4.78, 5) is 4.28. The number of nitrogens with zero attached hydrogens (tertiary/aromatic N) is 3. The number of hydrogen-bond acceptors (Lipinski definition) is 3. The normalized spacial score (nSPS) is 10.9. The average Bonchev–Trinajstić information content (AvgIpc) is 2.85. The van der Waals surface area contributed by atoms with Crippen LogP contribution in [0.25, 0.3) is 0 Å². The van der Waals surface area contributed by atoms with E-state index < -0.39 is 0 Å². The fourth-order valence-electron chi connectivity index (χ4n) is 1.87. The zero-order valence-corrected chi connectivity index (χ0v) is 11.2. The molecular weight excluding hydrogens is 224 g/mol. The molecule has 1 aromatic carbocycles. The highest BCUT2D eigenvalue weighted by Crippen LogP contribution is 2.12. The SMILES string of the molecule is CCc1ccc(NCc2ncnn2C(C)C)cc1. The molecule has 0 fully saturated rings. The van der Waals surface area contributed by atoms with Crippen LogP contribution in [0.15, 0.2) is 30.6 Å². The van der Waals surface area contributed by atoms with E-state index in [-0.39, 0.29) is 0 Å². The third kappa shape index (κ3) is 2.88. The zero-order chi connectivity index (χ0) is 13.0. The number of hydrogen-bond donors (Lipinski definition) is 1. The Kier molecular flexibility index (Phi) is 3.97. The highest BCUT2D eigenvalue weighted by atomic mass is 15.3. The molecule has 0 unspecified atom stereocenters. The lowest BCUT2D eigenvalue weighted by Crippen LogP contribution is -2.11.